The highest BCUT2D eigenvalue weighted by atomic mass is 19.1. The van der Waals surface area contributed by atoms with Crippen LogP contribution in [0.1, 0.15) is 54.0 Å². The van der Waals surface area contributed by atoms with Gasteiger partial charge in [-0.3, -0.25) is 4.79 Å². The van der Waals surface area contributed by atoms with Crippen molar-refractivity contribution in [1.82, 2.24) is 9.88 Å². The van der Waals surface area contributed by atoms with E-state index >= 15 is 0 Å². The summed E-state index contributed by atoms with van der Waals surface area (Å²) in [4.78, 5) is 19.0. The molecule has 0 radical (unpaired) electrons. The zero-order valence-corrected chi connectivity index (χ0v) is 14.9. The van der Waals surface area contributed by atoms with E-state index in [1.165, 1.54) is 6.07 Å². The molecule has 1 aromatic heterocycles. The average molecular weight is 345 g/mol. The van der Waals surface area contributed by atoms with Crippen LogP contribution >= 0.6 is 0 Å². The molecule has 2 aromatic rings. The molecular weight excluding hydrogens is 321 g/mol. The summed E-state index contributed by atoms with van der Waals surface area (Å²) < 4.78 is 20.0. The number of oxazole rings is 1. The SMILES string of the molecule is CC(C)(C)c1nc2c(o1)CCN(C(=O)c1cc(CCN)ccc1F)C2. The lowest BCUT2D eigenvalue weighted by Gasteiger charge is -2.25. The summed E-state index contributed by atoms with van der Waals surface area (Å²) in [7, 11) is 0. The summed E-state index contributed by atoms with van der Waals surface area (Å²) in [5, 5.41) is 0. The summed E-state index contributed by atoms with van der Waals surface area (Å²) in [5.74, 6) is 0.670. The Kier molecular flexibility index (Phi) is 4.64. The molecule has 0 aliphatic carbocycles. The van der Waals surface area contributed by atoms with Crippen molar-refractivity contribution in [3.63, 3.8) is 0 Å². The standard InChI is InChI=1S/C19H24FN3O2/c1-19(2,3)18-22-15-11-23(9-7-16(15)25-18)17(24)13-10-12(6-8-21)4-5-14(13)20/h4-5,10H,6-9,11,21H2,1-3H3. The molecule has 0 spiro atoms. The van der Waals surface area contributed by atoms with E-state index in [2.05, 4.69) is 4.98 Å². The molecule has 0 atom stereocenters. The third-order valence-electron chi connectivity index (χ3n) is 4.35. The van der Waals surface area contributed by atoms with Crippen LogP contribution in [0.3, 0.4) is 0 Å². The number of fused-ring (bicyclic) bond motifs is 1. The summed E-state index contributed by atoms with van der Waals surface area (Å²) in [6.07, 6.45) is 1.21. The molecule has 0 saturated carbocycles. The van der Waals surface area contributed by atoms with Crippen LogP contribution in [0.4, 0.5) is 4.39 Å². The molecule has 0 unspecified atom stereocenters. The number of carbonyl (C=O) groups excluding carboxylic acids is 1. The minimum absolute atomic E-state index is 0.0916. The monoisotopic (exact) mass is 345 g/mol. The van der Waals surface area contributed by atoms with Crippen LogP contribution in [0.25, 0.3) is 0 Å². The Morgan fingerprint density at radius 3 is 2.84 bits per heavy atom. The maximum Gasteiger partial charge on any atom is 0.257 e. The largest absolute Gasteiger partial charge is 0.445 e. The molecule has 25 heavy (non-hydrogen) atoms. The highest BCUT2D eigenvalue weighted by molar-refractivity contribution is 5.94. The Balaban J connectivity index is 1.83. The lowest BCUT2D eigenvalue weighted by atomic mass is 9.97. The van der Waals surface area contributed by atoms with Gasteiger partial charge in [-0.05, 0) is 30.7 Å². The first kappa shape index (κ1) is 17.6. The number of halogens is 1. The Morgan fingerprint density at radius 2 is 2.16 bits per heavy atom. The molecule has 5 nitrogen and oxygen atoms in total. The first-order valence-electron chi connectivity index (χ1n) is 8.56. The molecule has 1 aromatic carbocycles. The van der Waals surface area contributed by atoms with E-state index in [1.807, 2.05) is 20.8 Å². The summed E-state index contributed by atoms with van der Waals surface area (Å²) in [6, 6.07) is 4.60. The second-order valence-electron chi connectivity index (χ2n) is 7.47. The minimum Gasteiger partial charge on any atom is -0.445 e. The van der Waals surface area contributed by atoms with Gasteiger partial charge in [0, 0.05) is 18.4 Å². The first-order chi connectivity index (χ1) is 11.8. The summed E-state index contributed by atoms with van der Waals surface area (Å²) in [6.45, 7) is 7.39. The highest BCUT2D eigenvalue weighted by Gasteiger charge is 2.30. The Hall–Kier alpha value is -2.21. The van der Waals surface area contributed by atoms with Crippen LogP contribution in [0.2, 0.25) is 0 Å². The number of aromatic nitrogens is 1. The van der Waals surface area contributed by atoms with Gasteiger partial charge in [0.15, 0.2) is 5.89 Å². The van der Waals surface area contributed by atoms with Crippen LogP contribution in [0, 0.1) is 5.82 Å². The van der Waals surface area contributed by atoms with Gasteiger partial charge in [-0.2, -0.15) is 0 Å². The fraction of sp³-hybridized carbons (Fsp3) is 0.474. The predicted octanol–water partition coefficient (Wildman–Crippen LogP) is 2.81. The van der Waals surface area contributed by atoms with E-state index in [4.69, 9.17) is 10.2 Å². The number of carbonyl (C=O) groups is 1. The van der Waals surface area contributed by atoms with Crippen molar-refractivity contribution in [2.75, 3.05) is 13.1 Å². The molecule has 1 aliphatic heterocycles. The molecule has 1 aliphatic rings. The fourth-order valence-corrected chi connectivity index (χ4v) is 2.92. The number of amides is 1. The van der Waals surface area contributed by atoms with E-state index in [1.54, 1.807) is 17.0 Å². The van der Waals surface area contributed by atoms with Gasteiger partial charge in [0.25, 0.3) is 5.91 Å². The highest BCUT2D eigenvalue weighted by Crippen LogP contribution is 2.28. The lowest BCUT2D eigenvalue weighted by molar-refractivity contribution is 0.0723. The minimum atomic E-state index is -0.507. The predicted molar refractivity (Wildman–Crippen MR) is 92.8 cm³/mol. The Labute approximate surface area is 147 Å². The summed E-state index contributed by atoms with van der Waals surface area (Å²) >= 11 is 0. The van der Waals surface area contributed by atoms with Crippen LogP contribution in [0.15, 0.2) is 22.6 Å². The molecule has 0 saturated heterocycles. The number of hydrogen-bond acceptors (Lipinski definition) is 4. The van der Waals surface area contributed by atoms with Crippen LogP contribution in [-0.4, -0.2) is 28.9 Å². The van der Waals surface area contributed by atoms with Crippen molar-refractivity contribution in [3.8, 4) is 0 Å². The molecule has 2 N–H and O–H groups in total. The van der Waals surface area contributed by atoms with E-state index in [0.29, 0.717) is 38.4 Å². The molecule has 134 valence electrons. The molecule has 1 amide bonds. The Bertz CT molecular complexity index is 792. The second kappa shape index (κ2) is 6.59. The van der Waals surface area contributed by atoms with Gasteiger partial charge in [-0.1, -0.05) is 26.8 Å². The van der Waals surface area contributed by atoms with Crippen molar-refractivity contribution in [3.05, 3.63) is 52.5 Å². The van der Waals surface area contributed by atoms with Crippen molar-refractivity contribution >= 4 is 5.91 Å². The maximum atomic E-state index is 14.2. The summed E-state index contributed by atoms with van der Waals surface area (Å²) in [5.41, 5.74) is 7.09. The van der Waals surface area contributed by atoms with Gasteiger partial charge in [0.2, 0.25) is 0 Å². The lowest BCUT2D eigenvalue weighted by Crippen LogP contribution is -2.36. The topological polar surface area (TPSA) is 72.4 Å². The zero-order chi connectivity index (χ0) is 18.2. The second-order valence-corrected chi connectivity index (χ2v) is 7.47. The van der Waals surface area contributed by atoms with Gasteiger partial charge >= 0.3 is 0 Å². The van der Waals surface area contributed by atoms with E-state index in [0.717, 1.165) is 17.0 Å². The van der Waals surface area contributed by atoms with Gasteiger partial charge in [-0.15, -0.1) is 0 Å². The smallest absolute Gasteiger partial charge is 0.257 e. The molecule has 6 heteroatoms. The third kappa shape index (κ3) is 3.58. The molecule has 0 fully saturated rings. The van der Waals surface area contributed by atoms with Crippen LogP contribution < -0.4 is 5.73 Å². The fourth-order valence-electron chi connectivity index (χ4n) is 2.92. The number of benzene rings is 1. The van der Waals surface area contributed by atoms with Gasteiger partial charge < -0.3 is 15.1 Å². The van der Waals surface area contributed by atoms with Crippen molar-refractivity contribution < 1.29 is 13.6 Å². The van der Waals surface area contributed by atoms with E-state index in [-0.39, 0.29) is 16.9 Å². The van der Waals surface area contributed by atoms with E-state index in [9.17, 15) is 9.18 Å². The third-order valence-corrected chi connectivity index (χ3v) is 4.35. The van der Waals surface area contributed by atoms with Crippen molar-refractivity contribution in [2.24, 2.45) is 5.73 Å². The molecule has 2 heterocycles. The quantitative estimate of drug-likeness (QED) is 0.928. The number of rotatable bonds is 3. The van der Waals surface area contributed by atoms with Crippen LogP contribution in [0.5, 0.6) is 0 Å². The van der Waals surface area contributed by atoms with Crippen LogP contribution in [-0.2, 0) is 24.8 Å². The molecule has 0 bridgehead atoms. The van der Waals surface area contributed by atoms with E-state index < -0.39 is 5.82 Å². The molecule has 3 rings (SSSR count). The number of nitrogens with two attached hydrogens (primary N) is 1. The maximum absolute atomic E-state index is 14.2. The van der Waals surface area contributed by atoms with Gasteiger partial charge in [0.05, 0.1) is 12.1 Å². The Morgan fingerprint density at radius 1 is 1.40 bits per heavy atom. The number of hydrogen-bond donors (Lipinski definition) is 1. The van der Waals surface area contributed by atoms with Crippen molar-refractivity contribution in [2.45, 2.75) is 45.6 Å². The number of nitrogens with zero attached hydrogens (tertiary/aromatic N) is 2. The first-order valence-corrected chi connectivity index (χ1v) is 8.56. The average Bonchev–Trinajstić information content (AvgIpc) is 2.99. The van der Waals surface area contributed by atoms with Gasteiger partial charge in [0.1, 0.15) is 17.3 Å². The molecular formula is C19H24FN3O2. The van der Waals surface area contributed by atoms with Gasteiger partial charge in [-0.25, -0.2) is 9.37 Å². The van der Waals surface area contributed by atoms with Crippen molar-refractivity contribution in [1.29, 1.82) is 0 Å². The zero-order valence-electron chi connectivity index (χ0n) is 14.9. The normalized spacial score (nSPS) is 14.5.